The predicted octanol–water partition coefficient (Wildman–Crippen LogP) is 8.65. The van der Waals surface area contributed by atoms with E-state index in [1.165, 1.54) is 9.75 Å². The second-order valence-electron chi connectivity index (χ2n) is 10.0. The van der Waals surface area contributed by atoms with Gasteiger partial charge in [0, 0.05) is 70.2 Å². The van der Waals surface area contributed by atoms with E-state index >= 15 is 0 Å². The summed E-state index contributed by atoms with van der Waals surface area (Å²) in [6.07, 6.45) is 7.04. The zero-order valence-corrected chi connectivity index (χ0v) is 26.2. The number of anilines is 2. The molecule has 0 N–H and O–H groups in total. The Morgan fingerprint density at radius 1 is 0.575 bits per heavy atom. The normalized spacial score (nSPS) is 11.0. The Bertz CT molecular complexity index is 1390. The molecule has 0 saturated carbocycles. The van der Waals surface area contributed by atoms with Crippen LogP contribution in [0.15, 0.2) is 72.8 Å². The van der Waals surface area contributed by atoms with E-state index in [0.29, 0.717) is 0 Å². The smallest absolute Gasteiger partial charge is 0.186 e. The molecular weight excluding hydrogens is 533 g/mol. The molecule has 0 aliphatic rings. The molecule has 208 valence electrons. The molecule has 0 amide bonds. The third kappa shape index (κ3) is 8.63. The monoisotopic (exact) mass is 570 g/mol. The highest BCUT2D eigenvalue weighted by molar-refractivity contribution is 7.12. The molecule has 0 aliphatic heterocycles. The van der Waals surface area contributed by atoms with Gasteiger partial charge < -0.3 is 9.80 Å². The molecule has 6 heteroatoms. The van der Waals surface area contributed by atoms with Gasteiger partial charge in [0.1, 0.15) is 0 Å². The molecule has 4 rings (SSSR count). The SMILES string of the molecule is Cc1cc(C(=O)/C=C/c2ccc(N(C)C)cc2)c(C)s1.Cc1cc(C(=O)/C=C/c2ccc(N(C)C)cc2)c(C)s1. The molecule has 2 heterocycles. The standard InChI is InChI=1S/2C17H19NOS/c2*1-12-11-16(13(2)20-12)17(19)10-7-14-5-8-15(9-6-14)18(3)4/h2*5-11H,1-4H3/b2*10-7+. The lowest BCUT2D eigenvalue weighted by Crippen LogP contribution is -2.07. The summed E-state index contributed by atoms with van der Waals surface area (Å²) in [6.45, 7) is 8.03. The number of allylic oxidation sites excluding steroid dienone is 2. The molecule has 0 radical (unpaired) electrons. The molecule has 40 heavy (non-hydrogen) atoms. The predicted molar refractivity (Wildman–Crippen MR) is 176 cm³/mol. The highest BCUT2D eigenvalue weighted by Crippen LogP contribution is 2.23. The molecule has 0 unspecified atom stereocenters. The molecule has 0 fully saturated rings. The first-order chi connectivity index (χ1) is 18.9. The van der Waals surface area contributed by atoms with Gasteiger partial charge >= 0.3 is 0 Å². The first-order valence-electron chi connectivity index (χ1n) is 13.1. The van der Waals surface area contributed by atoms with Crippen molar-refractivity contribution < 1.29 is 9.59 Å². The Kier molecular flexibility index (Phi) is 10.8. The maximum atomic E-state index is 12.1. The topological polar surface area (TPSA) is 40.6 Å². The van der Waals surface area contributed by atoms with Crippen LogP contribution < -0.4 is 9.80 Å². The second-order valence-corrected chi connectivity index (χ2v) is 12.9. The molecular formula is C34H38N2O2S2. The van der Waals surface area contributed by atoms with E-state index < -0.39 is 0 Å². The van der Waals surface area contributed by atoms with Crippen molar-refractivity contribution in [3.8, 4) is 0 Å². The highest BCUT2D eigenvalue weighted by Gasteiger charge is 2.09. The number of carbonyl (C=O) groups is 2. The zero-order chi connectivity index (χ0) is 29.4. The third-order valence-corrected chi connectivity index (χ3v) is 8.22. The van der Waals surface area contributed by atoms with E-state index in [4.69, 9.17) is 0 Å². The Hall–Kier alpha value is -3.74. The van der Waals surface area contributed by atoms with Gasteiger partial charge in [-0.25, -0.2) is 0 Å². The van der Waals surface area contributed by atoms with E-state index in [-0.39, 0.29) is 11.6 Å². The van der Waals surface area contributed by atoms with Crippen molar-refractivity contribution in [3.05, 3.63) is 115 Å². The average Bonchev–Trinajstić information content (AvgIpc) is 3.45. The van der Waals surface area contributed by atoms with Crippen molar-refractivity contribution in [2.75, 3.05) is 38.0 Å². The number of rotatable bonds is 8. The molecule has 2 aromatic heterocycles. The van der Waals surface area contributed by atoms with Gasteiger partial charge in [-0.05, 0) is 87.4 Å². The number of thiophene rings is 2. The summed E-state index contributed by atoms with van der Waals surface area (Å²) >= 11 is 3.33. The Labute approximate surface area is 246 Å². The van der Waals surface area contributed by atoms with E-state index in [1.807, 2.05) is 129 Å². The van der Waals surface area contributed by atoms with Crippen LogP contribution >= 0.6 is 22.7 Å². The van der Waals surface area contributed by atoms with Gasteiger partial charge in [0.25, 0.3) is 0 Å². The number of hydrogen-bond donors (Lipinski definition) is 0. The maximum Gasteiger partial charge on any atom is 0.186 e. The summed E-state index contributed by atoms with van der Waals surface area (Å²) < 4.78 is 0. The maximum absolute atomic E-state index is 12.1. The lowest BCUT2D eigenvalue weighted by molar-refractivity contribution is 0.103. The summed E-state index contributed by atoms with van der Waals surface area (Å²) in [6, 6.07) is 20.2. The first-order valence-corrected chi connectivity index (χ1v) is 14.7. The van der Waals surface area contributed by atoms with Crippen LogP contribution in [0.5, 0.6) is 0 Å². The number of aryl methyl sites for hydroxylation is 4. The van der Waals surface area contributed by atoms with Gasteiger partial charge in [0.05, 0.1) is 0 Å². The summed E-state index contributed by atoms with van der Waals surface area (Å²) in [7, 11) is 8.04. The van der Waals surface area contributed by atoms with E-state index in [0.717, 1.165) is 43.4 Å². The van der Waals surface area contributed by atoms with E-state index in [2.05, 4.69) is 9.80 Å². The van der Waals surface area contributed by atoms with Crippen LogP contribution in [0.2, 0.25) is 0 Å². The van der Waals surface area contributed by atoms with Crippen molar-refractivity contribution in [1.82, 2.24) is 0 Å². The molecule has 0 spiro atoms. The van der Waals surface area contributed by atoms with Crippen LogP contribution in [-0.2, 0) is 0 Å². The summed E-state index contributed by atoms with van der Waals surface area (Å²) in [5.41, 5.74) is 6.00. The summed E-state index contributed by atoms with van der Waals surface area (Å²) in [5.74, 6) is 0.145. The summed E-state index contributed by atoms with van der Waals surface area (Å²) in [4.78, 5) is 32.9. The third-order valence-electron chi connectivity index (χ3n) is 6.29. The van der Waals surface area contributed by atoms with E-state index in [9.17, 15) is 9.59 Å². The van der Waals surface area contributed by atoms with Crippen molar-refractivity contribution in [3.63, 3.8) is 0 Å². The van der Waals surface area contributed by atoms with Crippen molar-refractivity contribution in [1.29, 1.82) is 0 Å². The first kappa shape index (κ1) is 30.8. The minimum absolute atomic E-state index is 0.0727. The fraction of sp³-hybridized carbons (Fsp3) is 0.235. The molecule has 4 aromatic rings. The lowest BCUT2D eigenvalue weighted by Gasteiger charge is -2.11. The zero-order valence-electron chi connectivity index (χ0n) is 24.6. The largest absolute Gasteiger partial charge is 0.378 e. The van der Waals surface area contributed by atoms with Crippen LogP contribution in [0, 0.1) is 27.7 Å². The molecule has 2 aromatic carbocycles. The number of ketones is 2. The van der Waals surface area contributed by atoms with Gasteiger partial charge in [0.15, 0.2) is 11.6 Å². The van der Waals surface area contributed by atoms with Crippen LogP contribution in [0.3, 0.4) is 0 Å². The molecule has 0 aliphatic carbocycles. The van der Waals surface area contributed by atoms with Gasteiger partial charge in [-0.15, -0.1) is 22.7 Å². The van der Waals surface area contributed by atoms with Crippen molar-refractivity contribution in [2.24, 2.45) is 0 Å². The number of carbonyl (C=O) groups excluding carboxylic acids is 2. The van der Waals surface area contributed by atoms with E-state index in [1.54, 1.807) is 34.8 Å². The number of hydrogen-bond acceptors (Lipinski definition) is 6. The van der Waals surface area contributed by atoms with Gasteiger partial charge in [-0.2, -0.15) is 0 Å². The average molecular weight is 571 g/mol. The molecule has 0 bridgehead atoms. The van der Waals surface area contributed by atoms with Crippen molar-refractivity contribution >= 4 is 57.8 Å². The quantitative estimate of drug-likeness (QED) is 0.157. The van der Waals surface area contributed by atoms with Crippen LogP contribution in [-0.4, -0.2) is 39.8 Å². The molecule has 0 atom stereocenters. The fourth-order valence-corrected chi connectivity index (χ4v) is 5.90. The number of nitrogens with zero attached hydrogens (tertiary/aromatic N) is 2. The Morgan fingerprint density at radius 2 is 0.900 bits per heavy atom. The second kappa shape index (κ2) is 14.1. The van der Waals surface area contributed by atoms with Crippen LogP contribution in [0.1, 0.15) is 51.4 Å². The highest BCUT2D eigenvalue weighted by atomic mass is 32.1. The Balaban J connectivity index is 0.000000220. The van der Waals surface area contributed by atoms with Gasteiger partial charge in [0.2, 0.25) is 0 Å². The van der Waals surface area contributed by atoms with Gasteiger partial charge in [-0.1, -0.05) is 36.4 Å². The lowest BCUT2D eigenvalue weighted by atomic mass is 10.1. The molecule has 0 saturated heterocycles. The minimum atomic E-state index is 0.0727. The van der Waals surface area contributed by atoms with Gasteiger partial charge in [-0.3, -0.25) is 9.59 Å². The van der Waals surface area contributed by atoms with Crippen LogP contribution in [0.25, 0.3) is 12.2 Å². The minimum Gasteiger partial charge on any atom is -0.378 e. The number of benzene rings is 2. The fourth-order valence-electron chi connectivity index (χ4n) is 4.04. The summed E-state index contributed by atoms with van der Waals surface area (Å²) in [5, 5.41) is 0. The molecule has 4 nitrogen and oxygen atoms in total. The van der Waals surface area contributed by atoms with Crippen LogP contribution in [0.4, 0.5) is 11.4 Å². The van der Waals surface area contributed by atoms with Crippen molar-refractivity contribution in [2.45, 2.75) is 27.7 Å². The Morgan fingerprint density at radius 3 is 1.15 bits per heavy atom.